The van der Waals surface area contributed by atoms with E-state index in [4.69, 9.17) is 5.73 Å². The molecule has 0 aliphatic carbocycles. The molecule has 1 heterocycles. The lowest BCUT2D eigenvalue weighted by atomic mass is 10.0. The Balaban J connectivity index is 2.03. The van der Waals surface area contributed by atoms with Crippen LogP contribution in [0.15, 0.2) is 28.6 Å². The molecular weight excluding hydrogens is 274 g/mol. The monoisotopic (exact) mass is 293 g/mol. The van der Waals surface area contributed by atoms with E-state index in [0.29, 0.717) is 0 Å². The number of nitrogens with zero attached hydrogens (tertiary/aromatic N) is 2. The first-order valence-electron chi connectivity index (χ1n) is 6.41. The topological polar surface area (TPSA) is 51.8 Å². The fourth-order valence-corrected chi connectivity index (χ4v) is 3.94. The lowest BCUT2D eigenvalue weighted by molar-refractivity contribution is 0.714. The van der Waals surface area contributed by atoms with Gasteiger partial charge in [0.2, 0.25) is 0 Å². The highest BCUT2D eigenvalue weighted by Gasteiger charge is 2.17. The van der Waals surface area contributed by atoms with E-state index >= 15 is 0 Å². The summed E-state index contributed by atoms with van der Waals surface area (Å²) < 4.78 is 0.991. The van der Waals surface area contributed by atoms with Gasteiger partial charge in [0.1, 0.15) is 5.01 Å². The van der Waals surface area contributed by atoms with Crippen molar-refractivity contribution in [2.24, 2.45) is 5.73 Å². The van der Waals surface area contributed by atoms with Gasteiger partial charge in [-0.15, -0.1) is 10.2 Å². The summed E-state index contributed by atoms with van der Waals surface area (Å²) in [5, 5.41) is 9.44. The van der Waals surface area contributed by atoms with E-state index in [1.165, 1.54) is 11.1 Å². The third-order valence-electron chi connectivity index (χ3n) is 3.07. The summed E-state index contributed by atoms with van der Waals surface area (Å²) in [6.45, 7) is 6.26. The summed E-state index contributed by atoms with van der Waals surface area (Å²) in [6, 6.07) is 8.58. The molecule has 0 bridgehead atoms. The van der Waals surface area contributed by atoms with E-state index in [1.807, 2.05) is 6.92 Å². The number of aromatic nitrogens is 2. The lowest BCUT2D eigenvalue weighted by Crippen LogP contribution is -2.21. The number of thioether (sulfide) groups is 1. The molecule has 0 aliphatic heterocycles. The van der Waals surface area contributed by atoms with Crippen LogP contribution in [0, 0.1) is 6.92 Å². The molecule has 0 saturated heterocycles. The van der Waals surface area contributed by atoms with Gasteiger partial charge in [-0.25, -0.2) is 0 Å². The summed E-state index contributed by atoms with van der Waals surface area (Å²) in [5.41, 5.74) is 8.84. The highest BCUT2D eigenvalue weighted by atomic mass is 32.2. The average molecular weight is 293 g/mol. The van der Waals surface area contributed by atoms with E-state index in [9.17, 15) is 0 Å². The first kappa shape index (κ1) is 14.5. The Morgan fingerprint density at radius 3 is 2.47 bits per heavy atom. The van der Waals surface area contributed by atoms with Crippen LogP contribution in [0.4, 0.5) is 0 Å². The zero-order chi connectivity index (χ0) is 13.8. The second-order valence-corrected chi connectivity index (χ2v) is 7.34. The highest BCUT2D eigenvalue weighted by molar-refractivity contribution is 8.01. The van der Waals surface area contributed by atoms with Crippen LogP contribution in [0.2, 0.25) is 0 Å². The van der Waals surface area contributed by atoms with Gasteiger partial charge < -0.3 is 5.73 Å². The molecule has 3 nitrogen and oxygen atoms in total. The Labute approximate surface area is 122 Å². The van der Waals surface area contributed by atoms with Gasteiger partial charge in [-0.2, -0.15) is 0 Å². The van der Waals surface area contributed by atoms with Crippen LogP contribution in [0.25, 0.3) is 0 Å². The van der Waals surface area contributed by atoms with Gasteiger partial charge in [0.05, 0.1) is 0 Å². The Morgan fingerprint density at radius 1 is 1.26 bits per heavy atom. The molecule has 5 heteroatoms. The van der Waals surface area contributed by atoms with E-state index in [1.54, 1.807) is 23.1 Å². The Morgan fingerprint density at radius 2 is 1.95 bits per heavy atom. The fraction of sp³-hybridized carbons (Fsp3) is 0.429. The number of hydrogen-bond donors (Lipinski definition) is 1. The first-order chi connectivity index (χ1) is 9.10. The minimum Gasteiger partial charge on any atom is -0.323 e. The molecule has 1 aromatic heterocycles. The third-order valence-corrected chi connectivity index (χ3v) is 5.19. The van der Waals surface area contributed by atoms with E-state index in [-0.39, 0.29) is 11.3 Å². The van der Waals surface area contributed by atoms with Crippen LogP contribution >= 0.6 is 23.1 Å². The van der Waals surface area contributed by atoms with Crippen molar-refractivity contribution >= 4 is 23.1 Å². The smallest absolute Gasteiger partial charge is 0.174 e. The molecular formula is C14H19N3S2. The Bertz CT molecular complexity index is 522. The van der Waals surface area contributed by atoms with Crippen LogP contribution in [0.5, 0.6) is 0 Å². The predicted octanol–water partition coefficient (Wildman–Crippen LogP) is 3.59. The van der Waals surface area contributed by atoms with Crippen molar-refractivity contribution in [3.63, 3.8) is 0 Å². The highest BCUT2D eigenvalue weighted by Crippen LogP contribution is 2.32. The van der Waals surface area contributed by atoms with Gasteiger partial charge >= 0.3 is 0 Å². The minimum atomic E-state index is 0.0140. The lowest BCUT2D eigenvalue weighted by Gasteiger charge is -2.18. The van der Waals surface area contributed by atoms with E-state index < -0.39 is 0 Å². The second-order valence-electron chi connectivity index (χ2n) is 4.53. The molecule has 0 fully saturated rings. The molecule has 1 aromatic carbocycles. The zero-order valence-corrected chi connectivity index (χ0v) is 13.1. The average Bonchev–Trinajstić information content (AvgIpc) is 2.83. The normalized spacial score (nSPS) is 14.3. The van der Waals surface area contributed by atoms with Crippen molar-refractivity contribution in [1.29, 1.82) is 0 Å². The van der Waals surface area contributed by atoms with Crippen molar-refractivity contribution in [3.8, 4) is 0 Å². The number of benzene rings is 1. The zero-order valence-electron chi connectivity index (χ0n) is 11.5. The molecule has 0 amide bonds. The molecule has 0 aliphatic rings. The van der Waals surface area contributed by atoms with Gasteiger partial charge in [-0.1, -0.05) is 61.2 Å². The van der Waals surface area contributed by atoms with Crippen molar-refractivity contribution in [3.05, 3.63) is 40.4 Å². The molecule has 0 spiro atoms. The van der Waals surface area contributed by atoms with Crippen molar-refractivity contribution in [2.75, 3.05) is 0 Å². The maximum absolute atomic E-state index is 6.32. The molecule has 2 unspecified atom stereocenters. The van der Waals surface area contributed by atoms with Crippen molar-refractivity contribution in [2.45, 2.75) is 42.8 Å². The van der Waals surface area contributed by atoms with Crippen LogP contribution in [0.3, 0.4) is 0 Å². The van der Waals surface area contributed by atoms with E-state index in [2.05, 4.69) is 48.3 Å². The molecule has 0 radical (unpaired) electrons. The van der Waals surface area contributed by atoms with Crippen molar-refractivity contribution in [1.82, 2.24) is 10.2 Å². The number of hydrogen-bond acceptors (Lipinski definition) is 5. The summed E-state index contributed by atoms with van der Waals surface area (Å²) in [7, 11) is 0. The summed E-state index contributed by atoms with van der Waals surface area (Å²) >= 11 is 3.32. The number of aryl methyl sites for hydroxylation is 2. The van der Waals surface area contributed by atoms with Gasteiger partial charge in [-0.05, 0) is 24.5 Å². The van der Waals surface area contributed by atoms with Gasteiger partial charge in [0.15, 0.2) is 4.34 Å². The predicted molar refractivity (Wildman–Crippen MR) is 82.7 cm³/mol. The molecule has 0 saturated carbocycles. The van der Waals surface area contributed by atoms with Crippen LogP contribution in [-0.2, 0) is 6.42 Å². The molecule has 2 rings (SSSR count). The summed E-state index contributed by atoms with van der Waals surface area (Å²) in [6.07, 6.45) is 1.06. The molecule has 2 atom stereocenters. The second kappa shape index (κ2) is 6.50. The van der Waals surface area contributed by atoms with Crippen LogP contribution < -0.4 is 5.73 Å². The summed E-state index contributed by atoms with van der Waals surface area (Å²) in [5.74, 6) is 0. The summed E-state index contributed by atoms with van der Waals surface area (Å²) in [4.78, 5) is 0. The maximum Gasteiger partial charge on any atom is 0.174 e. The number of nitrogens with two attached hydrogens (primary N) is 1. The quantitative estimate of drug-likeness (QED) is 0.856. The van der Waals surface area contributed by atoms with Crippen LogP contribution in [-0.4, -0.2) is 15.4 Å². The van der Waals surface area contributed by atoms with Gasteiger partial charge in [0, 0.05) is 11.3 Å². The SMILES string of the molecule is CCc1ccc(C(N)C(C)Sc2nnc(C)s2)cc1. The molecule has 19 heavy (non-hydrogen) atoms. The van der Waals surface area contributed by atoms with Crippen LogP contribution in [0.1, 0.15) is 36.0 Å². The van der Waals surface area contributed by atoms with E-state index in [0.717, 1.165) is 15.8 Å². The Kier molecular flexibility index (Phi) is 4.96. The third kappa shape index (κ3) is 3.78. The molecule has 102 valence electrons. The van der Waals surface area contributed by atoms with Gasteiger partial charge in [-0.3, -0.25) is 0 Å². The first-order valence-corrected chi connectivity index (χ1v) is 8.11. The standard InChI is InChI=1S/C14H19N3S2/c1-4-11-5-7-12(8-6-11)13(15)9(2)18-14-17-16-10(3)19-14/h5-9,13H,4,15H2,1-3H3. The molecule has 2 N–H and O–H groups in total. The van der Waals surface area contributed by atoms with Gasteiger partial charge in [0.25, 0.3) is 0 Å². The molecule has 2 aromatic rings. The maximum atomic E-state index is 6.32. The Hall–Kier alpha value is -0.910. The minimum absolute atomic E-state index is 0.0140. The largest absolute Gasteiger partial charge is 0.323 e. The van der Waals surface area contributed by atoms with Crippen molar-refractivity contribution < 1.29 is 0 Å². The number of rotatable bonds is 5. The fourth-order valence-electron chi connectivity index (χ4n) is 1.80.